The van der Waals surface area contributed by atoms with E-state index in [-0.39, 0.29) is 0 Å². The van der Waals surface area contributed by atoms with Crippen LogP contribution in [0, 0.1) is 0 Å². The molecule has 0 saturated heterocycles. The smallest absolute Gasteiger partial charge is 0.160 e. The standard InChI is InChI=1S/C46H29N3O.2C40H25N3O/c1-2-11-30(12-3-1)31-21-23-32(24-22-31)40-29-41(33-25-26-39-38-17-6-9-20-44(38)50-45(39)28-33)48-46(47-40)34-13-10-14-35(27-34)49-42-18-7-4-15-36(42)37-16-5-8-19-43(37)49;1-2-11-26(12-3-1)34-25-35(27-21-22-33-32-17-6-9-20-38(32)44-39(33)24-27)42-40(41-34)28-13-10-14-29(23-28)43-36-18-7-4-15-30(36)31-16-5-8-19-37(31)43;1-2-10-26(11-3-1)34-25-35(28-20-23-33-32-14-6-9-17-38(32)44-39(33)24-28)42-40(41-34)27-18-21-29(22-19-27)43-36-15-7-4-12-30(36)31-13-5-8-16-37(31)43/h1-29H;2*1-25H. The van der Waals surface area contributed by atoms with Crippen LogP contribution < -0.4 is 0 Å². The Bertz CT molecular complexity index is 9450. The van der Waals surface area contributed by atoms with Gasteiger partial charge in [0.05, 0.1) is 67.3 Å². The van der Waals surface area contributed by atoms with E-state index in [1.165, 1.54) is 71.0 Å². The zero-order valence-electron chi connectivity index (χ0n) is 74.4. The van der Waals surface area contributed by atoms with Crippen molar-refractivity contribution in [3.05, 3.63) is 479 Å². The highest BCUT2D eigenvalue weighted by atomic mass is 16.3. The molecule has 12 heteroatoms. The minimum absolute atomic E-state index is 0.664. The number of hydrogen-bond acceptors (Lipinski definition) is 9. The SMILES string of the molecule is c1ccc(-c2cc(-c3ccc4c(c3)oc3ccccc34)nc(-c3ccc(-n4c5ccccc5c5ccccc54)cc3)n2)cc1.c1ccc(-c2cc(-c3ccc4c(c3)oc3ccccc34)nc(-c3cccc(-n4c5ccccc5c5ccccc54)c3)n2)cc1.c1ccc(-c2ccc(-c3cc(-c4ccc5c(c4)oc4ccccc45)nc(-c4cccc(-n5c6ccccc6c6ccccc65)c4)n3)cc2)cc1. The highest BCUT2D eigenvalue weighted by molar-refractivity contribution is 6.13. The van der Waals surface area contributed by atoms with Gasteiger partial charge in [0.1, 0.15) is 33.5 Å². The van der Waals surface area contributed by atoms with Gasteiger partial charge >= 0.3 is 0 Å². The highest BCUT2D eigenvalue weighted by Gasteiger charge is 2.23. The minimum atomic E-state index is 0.664. The first-order valence-corrected chi connectivity index (χ1v) is 46.3. The lowest BCUT2D eigenvalue weighted by Crippen LogP contribution is -1.98. The van der Waals surface area contributed by atoms with Crippen LogP contribution in [0.1, 0.15) is 0 Å². The van der Waals surface area contributed by atoms with E-state index in [9.17, 15) is 0 Å². The van der Waals surface area contributed by atoms with Gasteiger partial charge in [-0.3, -0.25) is 0 Å². The first-order chi connectivity index (χ1) is 68.4. The molecule has 0 aliphatic carbocycles. The van der Waals surface area contributed by atoms with Crippen LogP contribution in [0.15, 0.2) is 492 Å². The van der Waals surface area contributed by atoms with E-state index >= 15 is 0 Å². The van der Waals surface area contributed by atoms with Crippen molar-refractivity contribution in [3.63, 3.8) is 0 Å². The number of aromatic nitrogens is 9. The normalized spacial score (nSPS) is 11.6. The zero-order valence-corrected chi connectivity index (χ0v) is 74.4. The third kappa shape index (κ3) is 14.4. The summed E-state index contributed by atoms with van der Waals surface area (Å²) in [6.45, 7) is 0. The lowest BCUT2D eigenvalue weighted by molar-refractivity contribution is 0.668. The second-order valence-electron chi connectivity index (χ2n) is 34.7. The van der Waals surface area contributed by atoms with E-state index in [0.29, 0.717) is 17.5 Å². The zero-order chi connectivity index (χ0) is 91.1. The number of nitrogens with zero attached hydrogens (tertiary/aromatic N) is 9. The van der Waals surface area contributed by atoms with Gasteiger partial charge in [-0.25, -0.2) is 29.9 Å². The molecular formula is C126H79N9O3. The molecule has 646 valence electrons. The first kappa shape index (κ1) is 80.1. The van der Waals surface area contributed by atoms with Gasteiger partial charge in [0.15, 0.2) is 17.5 Å². The van der Waals surface area contributed by atoms with E-state index in [2.05, 4.69) is 396 Å². The second kappa shape index (κ2) is 33.8. The van der Waals surface area contributed by atoms with Crippen molar-refractivity contribution in [2.45, 2.75) is 0 Å². The molecule has 0 unspecified atom stereocenters. The van der Waals surface area contributed by atoms with Crippen molar-refractivity contribution in [1.29, 1.82) is 0 Å². The third-order valence-corrected chi connectivity index (χ3v) is 26.5. The van der Waals surface area contributed by atoms with E-state index in [1.807, 2.05) is 97.1 Å². The van der Waals surface area contributed by atoms with Crippen LogP contribution in [0.5, 0.6) is 0 Å². The van der Waals surface area contributed by atoms with Gasteiger partial charge in [-0.1, -0.05) is 322 Å². The number of para-hydroxylation sites is 9. The van der Waals surface area contributed by atoms with Crippen LogP contribution in [0.3, 0.4) is 0 Å². The predicted molar refractivity (Wildman–Crippen MR) is 565 cm³/mol. The summed E-state index contributed by atoms with van der Waals surface area (Å²) >= 11 is 0. The second-order valence-corrected chi connectivity index (χ2v) is 34.7. The Labute approximate surface area is 791 Å². The first-order valence-electron chi connectivity index (χ1n) is 46.3. The number of furan rings is 3. The van der Waals surface area contributed by atoms with Crippen molar-refractivity contribution in [2.75, 3.05) is 0 Å². The molecule has 9 heterocycles. The molecule has 0 amide bonds. The Morgan fingerprint density at radius 2 is 0.355 bits per heavy atom. The van der Waals surface area contributed by atoms with Gasteiger partial charge < -0.3 is 27.0 Å². The van der Waals surface area contributed by atoms with Crippen LogP contribution in [-0.2, 0) is 0 Å². The molecule has 9 aromatic heterocycles. The van der Waals surface area contributed by atoms with Crippen LogP contribution in [0.4, 0.5) is 0 Å². The summed E-state index contributed by atoms with van der Waals surface area (Å²) in [6, 6.07) is 166. The number of rotatable bonds is 13. The minimum Gasteiger partial charge on any atom is -0.456 e. The maximum absolute atomic E-state index is 6.28. The molecule has 0 bridgehead atoms. The van der Waals surface area contributed by atoms with Gasteiger partial charge in [-0.2, -0.15) is 0 Å². The Hall–Kier alpha value is -18.8. The van der Waals surface area contributed by atoms with Crippen molar-refractivity contribution in [1.82, 2.24) is 43.6 Å². The lowest BCUT2D eigenvalue weighted by Gasteiger charge is -2.12. The fraction of sp³-hybridized carbons (Fsp3) is 0. The predicted octanol–water partition coefficient (Wildman–Crippen LogP) is 33.1. The van der Waals surface area contributed by atoms with Gasteiger partial charge in [0, 0.05) is 132 Å². The molecule has 0 atom stereocenters. The highest BCUT2D eigenvalue weighted by Crippen LogP contribution is 2.43. The van der Waals surface area contributed by atoms with E-state index in [0.717, 1.165) is 173 Å². The largest absolute Gasteiger partial charge is 0.456 e. The number of hydrogen-bond donors (Lipinski definition) is 0. The molecule has 0 radical (unpaired) electrons. The molecule has 0 saturated carbocycles. The van der Waals surface area contributed by atoms with Crippen LogP contribution >= 0.6 is 0 Å². The average molecular weight is 1770 g/mol. The summed E-state index contributed by atoms with van der Waals surface area (Å²) in [5, 5.41) is 14.1. The summed E-state index contributed by atoms with van der Waals surface area (Å²) in [7, 11) is 0. The Kier molecular flexibility index (Phi) is 19.6. The quantitative estimate of drug-likeness (QED) is 0.111. The van der Waals surface area contributed by atoms with Crippen molar-refractivity contribution >= 4 is 131 Å². The molecular weight excluding hydrogens is 1690 g/mol. The Balaban J connectivity index is 0.000000107. The molecule has 0 N–H and O–H groups in total. The molecule has 138 heavy (non-hydrogen) atoms. The molecule has 28 rings (SSSR count). The van der Waals surface area contributed by atoms with Gasteiger partial charge in [-0.05, 0) is 169 Å². The fourth-order valence-electron chi connectivity index (χ4n) is 19.9. The van der Waals surface area contributed by atoms with Gasteiger partial charge in [-0.15, -0.1) is 0 Å². The molecule has 0 aliphatic rings. The van der Waals surface area contributed by atoms with Crippen molar-refractivity contribution in [3.8, 4) is 130 Å². The Morgan fingerprint density at radius 3 is 0.688 bits per heavy atom. The number of fused-ring (bicyclic) bond motifs is 18. The monoisotopic (exact) mass is 1770 g/mol. The van der Waals surface area contributed by atoms with Gasteiger partial charge in [0.2, 0.25) is 0 Å². The Morgan fingerprint density at radius 1 is 0.130 bits per heavy atom. The van der Waals surface area contributed by atoms with E-state index in [1.54, 1.807) is 0 Å². The van der Waals surface area contributed by atoms with Crippen LogP contribution in [-0.4, -0.2) is 43.6 Å². The summed E-state index contributed by atoms with van der Waals surface area (Å²) in [6.07, 6.45) is 0. The third-order valence-electron chi connectivity index (χ3n) is 26.5. The van der Waals surface area contributed by atoms with E-state index < -0.39 is 0 Å². The van der Waals surface area contributed by atoms with E-state index in [4.69, 9.17) is 43.2 Å². The molecule has 28 aromatic rings. The molecule has 12 nitrogen and oxygen atoms in total. The maximum Gasteiger partial charge on any atom is 0.160 e. The topological polar surface area (TPSA) is 132 Å². The molecule has 19 aromatic carbocycles. The lowest BCUT2D eigenvalue weighted by atomic mass is 10.0. The average Bonchev–Trinajstić information content (AvgIpc) is 1.59. The maximum atomic E-state index is 6.28. The fourth-order valence-corrected chi connectivity index (χ4v) is 19.9. The van der Waals surface area contributed by atoms with Crippen molar-refractivity contribution in [2.24, 2.45) is 0 Å². The molecule has 0 spiro atoms. The summed E-state index contributed by atoms with van der Waals surface area (Å²) in [5.41, 5.74) is 31.8. The van der Waals surface area contributed by atoms with Crippen molar-refractivity contribution < 1.29 is 13.3 Å². The summed E-state index contributed by atoms with van der Waals surface area (Å²) in [5.74, 6) is 2.02. The number of benzene rings is 19. The van der Waals surface area contributed by atoms with Crippen LogP contribution in [0.2, 0.25) is 0 Å². The summed E-state index contributed by atoms with van der Waals surface area (Å²) in [4.78, 5) is 30.8. The van der Waals surface area contributed by atoms with Gasteiger partial charge in [0.25, 0.3) is 0 Å². The van der Waals surface area contributed by atoms with Crippen LogP contribution in [0.25, 0.3) is 261 Å². The molecule has 0 aliphatic heterocycles. The molecule has 0 fully saturated rings. The summed E-state index contributed by atoms with van der Waals surface area (Å²) < 4.78 is 25.7.